The SMILES string of the molecule is CCCCCCCCC/C=C/C/C=C/C/C=C/C/C=C/CCCC(=O)O[C@H](COC(=O)CCCCCCCCCCCCCCC)CO[C@H]1O[C@@H](CO[C@H]2O[C@@H](CO)[C@@H](O)C(O)C2O)[C@@H](O)C(O)C1O. The predicted molar refractivity (Wildman–Crippen MR) is 270 cm³/mol. The summed E-state index contributed by atoms with van der Waals surface area (Å²) in [6.45, 7) is 2.54. The topological polar surface area (TPSA) is 231 Å². The molecule has 0 radical (unpaired) electrons. The molecule has 2 saturated heterocycles. The van der Waals surface area contributed by atoms with Gasteiger partial charge in [-0.25, -0.2) is 0 Å². The first-order valence-electron chi connectivity index (χ1n) is 27.2. The zero-order valence-electron chi connectivity index (χ0n) is 43.0. The molecule has 0 aromatic heterocycles. The van der Waals surface area contributed by atoms with Gasteiger partial charge in [-0.05, 0) is 51.4 Å². The number of unbranched alkanes of at least 4 members (excludes halogenated alkanes) is 20. The molecule has 0 spiro atoms. The molecule has 2 rings (SSSR count). The summed E-state index contributed by atoms with van der Waals surface area (Å²) in [4.78, 5) is 25.8. The number of carbonyl (C=O) groups is 2. The predicted octanol–water partition coefficient (Wildman–Crippen LogP) is 8.27. The van der Waals surface area contributed by atoms with E-state index in [-0.39, 0.29) is 19.4 Å². The highest BCUT2D eigenvalue weighted by molar-refractivity contribution is 5.70. The molecule has 2 aliphatic heterocycles. The van der Waals surface area contributed by atoms with Crippen LogP contribution < -0.4 is 0 Å². The lowest BCUT2D eigenvalue weighted by molar-refractivity contribution is -0.332. The van der Waals surface area contributed by atoms with Gasteiger partial charge in [0.1, 0.15) is 55.4 Å². The number of allylic oxidation sites excluding steroid dienone is 8. The Morgan fingerprint density at radius 3 is 1.39 bits per heavy atom. The maximum absolute atomic E-state index is 13.0. The Kier molecular flexibility index (Phi) is 38.0. The molecule has 0 amide bonds. The highest BCUT2D eigenvalue weighted by atomic mass is 16.7. The number of rotatable bonds is 42. The molecular formula is C55H96O15. The van der Waals surface area contributed by atoms with E-state index in [1.165, 1.54) is 103 Å². The molecule has 4 unspecified atom stereocenters. The van der Waals surface area contributed by atoms with Crippen molar-refractivity contribution in [2.75, 3.05) is 26.4 Å². The van der Waals surface area contributed by atoms with Crippen LogP contribution in [0.15, 0.2) is 48.6 Å². The summed E-state index contributed by atoms with van der Waals surface area (Å²) < 4.78 is 33.5. The van der Waals surface area contributed by atoms with Crippen molar-refractivity contribution in [3.05, 3.63) is 48.6 Å². The fraction of sp³-hybridized carbons (Fsp3) is 0.818. The van der Waals surface area contributed by atoms with E-state index in [4.69, 9.17) is 28.4 Å². The molecule has 15 nitrogen and oxygen atoms in total. The molecule has 15 heteroatoms. The smallest absolute Gasteiger partial charge is 0.306 e. The summed E-state index contributed by atoms with van der Waals surface area (Å²) in [6, 6.07) is 0. The van der Waals surface area contributed by atoms with E-state index in [1.807, 2.05) is 6.08 Å². The molecule has 2 fully saturated rings. The Balaban J connectivity index is 1.81. The van der Waals surface area contributed by atoms with Crippen LogP contribution in [0.1, 0.15) is 194 Å². The third-order valence-corrected chi connectivity index (χ3v) is 12.8. The summed E-state index contributed by atoms with van der Waals surface area (Å²) in [7, 11) is 0. The second kappa shape index (κ2) is 41.9. The maximum Gasteiger partial charge on any atom is 0.306 e. The molecule has 0 bridgehead atoms. The van der Waals surface area contributed by atoms with Crippen molar-refractivity contribution in [1.82, 2.24) is 0 Å². The largest absolute Gasteiger partial charge is 0.462 e. The van der Waals surface area contributed by atoms with E-state index in [9.17, 15) is 45.3 Å². The van der Waals surface area contributed by atoms with Crippen LogP contribution in [0.2, 0.25) is 0 Å². The van der Waals surface area contributed by atoms with Crippen LogP contribution >= 0.6 is 0 Å². The molecule has 0 aliphatic carbocycles. The van der Waals surface area contributed by atoms with Gasteiger partial charge in [0.15, 0.2) is 18.7 Å². The van der Waals surface area contributed by atoms with E-state index in [0.717, 1.165) is 44.9 Å². The standard InChI is InChI=1S/C55H96O15/c1-3-5-7-9-11-13-15-17-18-19-20-21-22-23-24-26-28-30-32-34-36-38-47(58)68-43(40-65-46(57)37-35-33-31-29-27-25-16-14-12-10-8-6-4-2)41-66-54-53(64)51(62)49(60)45(70-54)42-67-55-52(63)50(61)48(59)44(39-56)69-55/h18-19,21-22,24,26,30,32,43-45,48-56,59-64H,3-17,20,23,25,27-29,31,33-42H2,1-2H3/b19-18+,22-21+,26-24+,32-30+/t43-,44+,45+,48-,49-,50?,51?,52?,53?,54+,55+/m1/s1. The molecule has 11 atom stereocenters. The number of hydrogen-bond acceptors (Lipinski definition) is 15. The van der Waals surface area contributed by atoms with Crippen molar-refractivity contribution in [2.45, 2.75) is 261 Å². The number of esters is 2. The first kappa shape index (κ1) is 63.6. The fourth-order valence-corrected chi connectivity index (χ4v) is 8.33. The quantitative estimate of drug-likeness (QED) is 0.0173. The van der Waals surface area contributed by atoms with Crippen molar-refractivity contribution in [1.29, 1.82) is 0 Å². The molecule has 0 aromatic rings. The van der Waals surface area contributed by atoms with E-state index in [1.54, 1.807) is 0 Å². The minimum atomic E-state index is -1.77. The Morgan fingerprint density at radius 2 is 0.871 bits per heavy atom. The van der Waals surface area contributed by atoms with Crippen LogP contribution in [-0.2, 0) is 38.0 Å². The van der Waals surface area contributed by atoms with E-state index in [2.05, 4.69) is 56.4 Å². The summed E-state index contributed by atoms with van der Waals surface area (Å²) in [5.41, 5.74) is 0. The summed E-state index contributed by atoms with van der Waals surface area (Å²) >= 11 is 0. The zero-order chi connectivity index (χ0) is 51.0. The van der Waals surface area contributed by atoms with Crippen LogP contribution in [0.3, 0.4) is 0 Å². The Morgan fingerprint density at radius 1 is 0.457 bits per heavy atom. The van der Waals surface area contributed by atoms with Gasteiger partial charge in [0.05, 0.1) is 19.8 Å². The van der Waals surface area contributed by atoms with Gasteiger partial charge in [-0.3, -0.25) is 9.59 Å². The summed E-state index contributed by atoms with van der Waals surface area (Å²) in [5.74, 6) is -0.987. The van der Waals surface area contributed by atoms with Gasteiger partial charge in [-0.2, -0.15) is 0 Å². The monoisotopic (exact) mass is 997 g/mol. The summed E-state index contributed by atoms with van der Waals surface area (Å²) in [5, 5.41) is 72.1. The van der Waals surface area contributed by atoms with Crippen LogP contribution in [0.5, 0.6) is 0 Å². The first-order valence-corrected chi connectivity index (χ1v) is 27.2. The van der Waals surface area contributed by atoms with Crippen molar-refractivity contribution in [2.24, 2.45) is 0 Å². The highest BCUT2D eigenvalue weighted by Gasteiger charge is 2.47. The second-order valence-corrected chi connectivity index (χ2v) is 19.1. The maximum atomic E-state index is 13.0. The lowest BCUT2D eigenvalue weighted by atomic mass is 9.98. The molecule has 2 aliphatic rings. The van der Waals surface area contributed by atoms with Gasteiger partial charge in [0, 0.05) is 12.8 Å². The van der Waals surface area contributed by atoms with Gasteiger partial charge in [-0.1, -0.05) is 178 Å². The first-order chi connectivity index (χ1) is 34.0. The van der Waals surface area contributed by atoms with Crippen molar-refractivity contribution >= 4 is 11.9 Å². The molecule has 0 saturated carbocycles. The van der Waals surface area contributed by atoms with Crippen molar-refractivity contribution < 1.29 is 73.8 Å². The minimum absolute atomic E-state index is 0.0900. The zero-order valence-corrected chi connectivity index (χ0v) is 43.0. The number of ether oxygens (including phenoxy) is 6. The number of aliphatic hydroxyl groups excluding tert-OH is 7. The van der Waals surface area contributed by atoms with E-state index >= 15 is 0 Å². The van der Waals surface area contributed by atoms with Gasteiger partial charge >= 0.3 is 11.9 Å². The third kappa shape index (κ3) is 29.2. The normalized spacial score (nSPS) is 25.7. The molecule has 406 valence electrons. The molecular weight excluding hydrogens is 901 g/mol. The van der Waals surface area contributed by atoms with Crippen LogP contribution in [0, 0.1) is 0 Å². The lowest BCUT2D eigenvalue weighted by Gasteiger charge is -2.42. The molecule has 70 heavy (non-hydrogen) atoms. The summed E-state index contributed by atoms with van der Waals surface area (Å²) in [6.07, 6.45) is 30.0. The minimum Gasteiger partial charge on any atom is -0.462 e. The van der Waals surface area contributed by atoms with Crippen molar-refractivity contribution in [3.8, 4) is 0 Å². The average Bonchev–Trinajstić information content (AvgIpc) is 3.35. The van der Waals surface area contributed by atoms with Crippen LogP contribution in [0.4, 0.5) is 0 Å². The van der Waals surface area contributed by atoms with Gasteiger partial charge in [0.25, 0.3) is 0 Å². The van der Waals surface area contributed by atoms with Gasteiger partial charge in [-0.15, -0.1) is 0 Å². The number of aliphatic hydroxyl groups is 7. The molecule has 0 aromatic carbocycles. The average molecular weight is 997 g/mol. The van der Waals surface area contributed by atoms with E-state index < -0.39 is 99.3 Å². The number of hydrogen-bond donors (Lipinski definition) is 7. The molecule has 2 heterocycles. The van der Waals surface area contributed by atoms with Crippen LogP contribution in [0.25, 0.3) is 0 Å². The van der Waals surface area contributed by atoms with Crippen molar-refractivity contribution in [3.63, 3.8) is 0 Å². The Hall–Kier alpha value is -2.54. The second-order valence-electron chi connectivity index (χ2n) is 19.1. The Labute approximate surface area is 420 Å². The van der Waals surface area contributed by atoms with Gasteiger partial charge in [0.2, 0.25) is 0 Å². The van der Waals surface area contributed by atoms with Crippen LogP contribution in [-0.4, -0.2) is 142 Å². The van der Waals surface area contributed by atoms with Gasteiger partial charge < -0.3 is 64.2 Å². The fourth-order valence-electron chi connectivity index (χ4n) is 8.33. The van der Waals surface area contributed by atoms with E-state index in [0.29, 0.717) is 19.3 Å². The molecule has 7 N–H and O–H groups in total. The lowest BCUT2D eigenvalue weighted by Crippen LogP contribution is -2.61. The highest BCUT2D eigenvalue weighted by Crippen LogP contribution is 2.26. The number of carbonyl (C=O) groups excluding carboxylic acids is 2. The Bertz CT molecular complexity index is 1400. The third-order valence-electron chi connectivity index (χ3n) is 12.8.